The van der Waals surface area contributed by atoms with Crippen molar-refractivity contribution in [1.29, 1.82) is 0 Å². The Balaban J connectivity index is 1.41. The average molecular weight is 484 g/mol. The summed E-state index contributed by atoms with van der Waals surface area (Å²) < 4.78 is 43.5. The second-order valence-electron chi connectivity index (χ2n) is 8.41. The van der Waals surface area contributed by atoms with Crippen LogP contribution in [0.5, 0.6) is 5.75 Å². The lowest BCUT2D eigenvalue weighted by Gasteiger charge is -2.29. The Bertz CT molecular complexity index is 1370. The molecular formula is C24H19F3N4O4. The molecule has 1 aromatic heterocycles. The Hall–Kier alpha value is -4.15. The first-order valence-corrected chi connectivity index (χ1v) is 10.8. The van der Waals surface area contributed by atoms with Crippen molar-refractivity contribution in [2.75, 3.05) is 0 Å². The number of imidazole rings is 1. The maximum absolute atomic E-state index is 12.9. The van der Waals surface area contributed by atoms with Crippen molar-refractivity contribution < 1.29 is 32.3 Å². The molecule has 180 valence electrons. The molecule has 1 saturated heterocycles. The molecule has 1 unspecified atom stereocenters. The molecule has 0 spiro atoms. The monoisotopic (exact) mass is 484 g/mol. The fraction of sp³-hybridized carbons (Fsp3) is 0.250. The summed E-state index contributed by atoms with van der Waals surface area (Å²) in [6, 6.07) is 10.1. The summed E-state index contributed by atoms with van der Waals surface area (Å²) in [5.41, 5.74) is 2.93. The van der Waals surface area contributed by atoms with Crippen LogP contribution >= 0.6 is 0 Å². The molecule has 1 atom stereocenters. The molecule has 1 N–H and O–H groups in total. The fourth-order valence-electron chi connectivity index (χ4n) is 4.44. The van der Waals surface area contributed by atoms with Gasteiger partial charge in [0.1, 0.15) is 17.6 Å². The summed E-state index contributed by atoms with van der Waals surface area (Å²) in [4.78, 5) is 42.6. The van der Waals surface area contributed by atoms with Crippen molar-refractivity contribution in [3.05, 3.63) is 59.8 Å². The Morgan fingerprint density at radius 1 is 1.09 bits per heavy atom. The third-order valence-corrected chi connectivity index (χ3v) is 6.02. The van der Waals surface area contributed by atoms with Crippen molar-refractivity contribution in [2.24, 2.45) is 7.05 Å². The van der Waals surface area contributed by atoms with Gasteiger partial charge in [-0.1, -0.05) is 18.2 Å². The van der Waals surface area contributed by atoms with Crippen LogP contribution in [0.15, 0.2) is 48.7 Å². The number of piperidine rings is 1. The highest BCUT2D eigenvalue weighted by Gasteiger charge is 2.39. The number of halogens is 3. The van der Waals surface area contributed by atoms with Gasteiger partial charge in [0.25, 0.3) is 5.91 Å². The molecule has 0 radical (unpaired) electrons. The van der Waals surface area contributed by atoms with Gasteiger partial charge in [-0.25, -0.2) is 4.98 Å². The number of amides is 3. The summed E-state index contributed by atoms with van der Waals surface area (Å²) in [6.45, 7) is 0.227. The van der Waals surface area contributed by atoms with Crippen LogP contribution in [0.3, 0.4) is 0 Å². The van der Waals surface area contributed by atoms with Crippen LogP contribution in [0, 0.1) is 0 Å². The van der Waals surface area contributed by atoms with Gasteiger partial charge in [-0.3, -0.25) is 19.7 Å². The van der Waals surface area contributed by atoms with Crippen LogP contribution in [-0.2, 0) is 23.2 Å². The quantitative estimate of drug-likeness (QED) is 0.573. The van der Waals surface area contributed by atoms with Gasteiger partial charge in [-0.2, -0.15) is 0 Å². The maximum Gasteiger partial charge on any atom is 0.573 e. The maximum atomic E-state index is 12.9. The van der Waals surface area contributed by atoms with Gasteiger partial charge >= 0.3 is 6.36 Å². The zero-order valence-electron chi connectivity index (χ0n) is 18.4. The predicted octanol–water partition coefficient (Wildman–Crippen LogP) is 3.41. The third-order valence-electron chi connectivity index (χ3n) is 6.02. The molecule has 2 aliphatic rings. The summed E-state index contributed by atoms with van der Waals surface area (Å²) in [5, 5.41) is 2.28. The number of carbonyl (C=O) groups excluding carboxylic acids is 3. The number of carbonyl (C=O) groups is 3. The number of benzene rings is 2. The van der Waals surface area contributed by atoms with Gasteiger partial charge in [0.2, 0.25) is 11.8 Å². The number of rotatable bonds is 4. The van der Waals surface area contributed by atoms with E-state index in [9.17, 15) is 27.6 Å². The standard InChI is InChI=1S/C24H19F3N4O4/c1-30-12-18(28-21(30)14-3-2-4-16(10-14)35-24(25,26)27)13-5-6-17-15(9-13)11-31(23(17)34)19-7-8-20(32)29-22(19)33/h2-6,9-10,12,19H,7-8,11H2,1H3,(H,29,32,33). The topological polar surface area (TPSA) is 93.5 Å². The Morgan fingerprint density at radius 3 is 2.63 bits per heavy atom. The normalized spacial score (nSPS) is 18.0. The largest absolute Gasteiger partial charge is 0.573 e. The number of aryl methyl sites for hydroxylation is 1. The zero-order valence-corrected chi connectivity index (χ0v) is 18.4. The minimum absolute atomic E-state index is 0.174. The van der Waals surface area contributed by atoms with Gasteiger partial charge in [0, 0.05) is 42.9 Å². The van der Waals surface area contributed by atoms with Crippen molar-refractivity contribution >= 4 is 17.7 Å². The number of alkyl halides is 3. The third kappa shape index (κ3) is 4.36. The van der Waals surface area contributed by atoms with E-state index in [1.807, 2.05) is 6.07 Å². The number of hydrogen-bond acceptors (Lipinski definition) is 5. The molecule has 2 aliphatic heterocycles. The van der Waals surface area contributed by atoms with Crippen molar-refractivity contribution in [1.82, 2.24) is 19.8 Å². The molecule has 5 rings (SSSR count). The number of imide groups is 1. The first kappa shape index (κ1) is 22.6. The van der Waals surface area contributed by atoms with Crippen LogP contribution in [0.4, 0.5) is 13.2 Å². The van der Waals surface area contributed by atoms with E-state index in [1.165, 1.54) is 23.1 Å². The van der Waals surface area contributed by atoms with E-state index in [2.05, 4.69) is 15.0 Å². The molecule has 1 fully saturated rings. The van der Waals surface area contributed by atoms with Gasteiger partial charge in [0.05, 0.1) is 5.69 Å². The van der Waals surface area contributed by atoms with E-state index in [0.29, 0.717) is 28.2 Å². The lowest BCUT2D eigenvalue weighted by Crippen LogP contribution is -2.52. The summed E-state index contributed by atoms with van der Waals surface area (Å²) in [7, 11) is 1.73. The molecule has 8 nitrogen and oxygen atoms in total. The Kier molecular flexibility index (Phi) is 5.34. The number of aromatic nitrogens is 2. The first-order valence-electron chi connectivity index (χ1n) is 10.8. The van der Waals surface area contributed by atoms with E-state index < -0.39 is 18.3 Å². The Morgan fingerprint density at radius 2 is 1.89 bits per heavy atom. The lowest BCUT2D eigenvalue weighted by atomic mass is 10.0. The van der Waals surface area contributed by atoms with Crippen molar-refractivity contribution in [3.63, 3.8) is 0 Å². The number of nitrogens with one attached hydrogen (secondary N) is 1. The number of ether oxygens (including phenoxy) is 1. The first-order chi connectivity index (χ1) is 16.6. The zero-order chi connectivity index (χ0) is 24.9. The van der Waals surface area contributed by atoms with Crippen LogP contribution in [0.2, 0.25) is 0 Å². The van der Waals surface area contributed by atoms with E-state index in [4.69, 9.17) is 0 Å². The van der Waals surface area contributed by atoms with Crippen molar-refractivity contribution in [3.8, 4) is 28.4 Å². The SMILES string of the molecule is Cn1cc(-c2ccc3c(c2)CN(C2CCC(=O)NC2=O)C3=O)nc1-c1cccc(OC(F)(F)F)c1. The molecule has 35 heavy (non-hydrogen) atoms. The minimum Gasteiger partial charge on any atom is -0.406 e. The van der Waals surface area contributed by atoms with E-state index >= 15 is 0 Å². The van der Waals surface area contributed by atoms with E-state index in [-0.39, 0.29) is 37.0 Å². The van der Waals surface area contributed by atoms with Crippen LogP contribution in [-0.4, -0.2) is 44.6 Å². The predicted molar refractivity (Wildman–Crippen MR) is 117 cm³/mol. The number of fused-ring (bicyclic) bond motifs is 1. The number of hydrogen-bond donors (Lipinski definition) is 1. The molecule has 11 heteroatoms. The van der Waals surface area contributed by atoms with Gasteiger partial charge in [-0.15, -0.1) is 13.2 Å². The fourth-order valence-corrected chi connectivity index (χ4v) is 4.44. The molecular weight excluding hydrogens is 465 g/mol. The molecule has 3 aromatic rings. The van der Waals surface area contributed by atoms with E-state index in [1.54, 1.807) is 36.0 Å². The highest BCUT2D eigenvalue weighted by atomic mass is 19.4. The average Bonchev–Trinajstić information content (AvgIpc) is 3.33. The van der Waals surface area contributed by atoms with Crippen LogP contribution in [0.25, 0.3) is 22.6 Å². The molecule has 2 aromatic carbocycles. The number of nitrogens with zero attached hydrogens (tertiary/aromatic N) is 3. The summed E-state index contributed by atoms with van der Waals surface area (Å²) >= 11 is 0. The molecule has 0 aliphatic carbocycles. The summed E-state index contributed by atoms with van der Waals surface area (Å²) in [5.74, 6) is -1.00. The van der Waals surface area contributed by atoms with E-state index in [0.717, 1.165) is 5.56 Å². The smallest absolute Gasteiger partial charge is 0.406 e. The highest BCUT2D eigenvalue weighted by Crippen LogP contribution is 2.33. The molecule has 0 saturated carbocycles. The second-order valence-corrected chi connectivity index (χ2v) is 8.41. The second kappa shape index (κ2) is 8.26. The van der Waals surface area contributed by atoms with Crippen LogP contribution in [0.1, 0.15) is 28.8 Å². The van der Waals surface area contributed by atoms with Crippen LogP contribution < -0.4 is 10.1 Å². The lowest BCUT2D eigenvalue weighted by molar-refractivity contribution is -0.274. The van der Waals surface area contributed by atoms with Gasteiger partial charge in [-0.05, 0) is 36.2 Å². The highest BCUT2D eigenvalue weighted by molar-refractivity contribution is 6.05. The summed E-state index contributed by atoms with van der Waals surface area (Å²) in [6.07, 6.45) is -2.61. The van der Waals surface area contributed by atoms with Crippen molar-refractivity contribution in [2.45, 2.75) is 31.8 Å². The Labute approximate surface area is 197 Å². The molecule has 3 amide bonds. The van der Waals surface area contributed by atoms with Gasteiger partial charge < -0.3 is 14.2 Å². The molecule has 3 heterocycles. The minimum atomic E-state index is -4.80. The molecule has 0 bridgehead atoms. The van der Waals surface area contributed by atoms with Gasteiger partial charge in [0.15, 0.2) is 0 Å².